The van der Waals surface area contributed by atoms with Gasteiger partial charge in [-0.05, 0) is 58.5 Å². The Labute approximate surface area is 225 Å². The highest BCUT2D eigenvalue weighted by molar-refractivity contribution is 6.14. The summed E-state index contributed by atoms with van der Waals surface area (Å²) in [6.07, 6.45) is -2.54. The number of fused-ring (bicyclic) bond motifs is 4. The number of rotatable bonds is 2. The summed E-state index contributed by atoms with van der Waals surface area (Å²) in [5, 5.41) is 3.72. The molecule has 0 bridgehead atoms. The Bertz CT molecular complexity index is 1890. The number of aryl methyl sites for hydroxylation is 2. The van der Waals surface area contributed by atoms with E-state index in [1.807, 2.05) is 60.3 Å². The van der Waals surface area contributed by atoms with Crippen LogP contribution in [0.4, 0.5) is 13.2 Å². The smallest absolute Gasteiger partial charge is 0.303 e. The summed E-state index contributed by atoms with van der Waals surface area (Å²) in [4.78, 5) is 0. The molecule has 2 nitrogen and oxygen atoms in total. The van der Waals surface area contributed by atoms with Crippen LogP contribution in [0, 0.1) is 6.92 Å². The Morgan fingerprint density at radius 1 is 0.667 bits per heavy atom. The zero-order valence-electron chi connectivity index (χ0n) is 22.7. The van der Waals surface area contributed by atoms with Gasteiger partial charge in [0, 0.05) is 22.5 Å². The number of benzene rings is 4. The van der Waals surface area contributed by atoms with Crippen LogP contribution in [0.2, 0.25) is 0 Å². The Morgan fingerprint density at radius 2 is 1.28 bits per heavy atom. The van der Waals surface area contributed by atoms with E-state index >= 15 is 0 Å². The molecule has 0 spiro atoms. The maximum Gasteiger partial charge on any atom is 0.418 e. The van der Waals surface area contributed by atoms with Crippen molar-refractivity contribution in [3.63, 3.8) is 0 Å². The molecule has 0 fully saturated rings. The van der Waals surface area contributed by atoms with E-state index in [2.05, 4.69) is 52.0 Å². The van der Waals surface area contributed by atoms with Crippen molar-refractivity contribution in [1.82, 2.24) is 4.57 Å². The van der Waals surface area contributed by atoms with Crippen LogP contribution in [-0.4, -0.2) is 4.57 Å². The molecule has 2 heterocycles. The third-order valence-corrected chi connectivity index (χ3v) is 7.77. The topological polar surface area (TPSA) is 8.81 Å². The van der Waals surface area contributed by atoms with Gasteiger partial charge in [0.25, 0.3) is 0 Å². The number of para-hydroxylation sites is 2. The second-order valence-corrected chi connectivity index (χ2v) is 11.3. The maximum atomic E-state index is 14.4. The molecular formula is C34H30F3N2+. The maximum absolute atomic E-state index is 14.4. The summed E-state index contributed by atoms with van der Waals surface area (Å²) < 4.78 is 47.2. The Balaban J connectivity index is 1.87. The number of nitrogens with zero attached hydrogens (tertiary/aromatic N) is 2. The van der Waals surface area contributed by atoms with Crippen molar-refractivity contribution in [3.8, 4) is 16.9 Å². The first-order chi connectivity index (χ1) is 18.5. The van der Waals surface area contributed by atoms with Crippen LogP contribution in [0.25, 0.3) is 49.5 Å². The summed E-state index contributed by atoms with van der Waals surface area (Å²) >= 11 is 0. The van der Waals surface area contributed by atoms with Crippen molar-refractivity contribution in [2.45, 2.75) is 39.3 Å². The van der Waals surface area contributed by atoms with Gasteiger partial charge in [-0.2, -0.15) is 17.7 Å². The van der Waals surface area contributed by atoms with Gasteiger partial charge < -0.3 is 4.57 Å². The number of halogens is 3. The lowest BCUT2D eigenvalue weighted by Gasteiger charge is -2.24. The van der Waals surface area contributed by atoms with Crippen LogP contribution in [0.15, 0.2) is 91.1 Å². The molecule has 2 aromatic heterocycles. The average molecular weight is 524 g/mol. The molecule has 0 unspecified atom stereocenters. The van der Waals surface area contributed by atoms with E-state index < -0.39 is 11.7 Å². The second-order valence-electron chi connectivity index (χ2n) is 11.3. The lowest BCUT2D eigenvalue weighted by atomic mass is 9.80. The molecule has 0 radical (unpaired) electrons. The lowest BCUT2D eigenvalue weighted by Crippen LogP contribution is -2.31. The van der Waals surface area contributed by atoms with E-state index in [0.29, 0.717) is 11.1 Å². The van der Waals surface area contributed by atoms with E-state index in [-0.39, 0.29) is 10.9 Å². The number of alkyl halides is 3. The van der Waals surface area contributed by atoms with Crippen LogP contribution in [-0.2, 0) is 18.6 Å². The average Bonchev–Trinajstić information content (AvgIpc) is 3.23. The summed E-state index contributed by atoms with van der Waals surface area (Å²) in [6, 6.07) is 26.4. The fourth-order valence-electron chi connectivity index (χ4n) is 5.96. The SMILES string of the molecule is Cc1c(-c2c3c(cc[n+]2C)c2cccc(C(F)(F)F)c2n3-c2ccccc2)cc(C(C)(C)C)c2ccccc12. The van der Waals surface area contributed by atoms with E-state index in [0.717, 1.165) is 33.1 Å². The highest BCUT2D eigenvalue weighted by Crippen LogP contribution is 2.44. The quantitative estimate of drug-likeness (QED) is 0.200. The third kappa shape index (κ3) is 3.91. The van der Waals surface area contributed by atoms with Crippen LogP contribution in [0.1, 0.15) is 37.5 Å². The zero-order chi connectivity index (χ0) is 27.7. The summed E-state index contributed by atoms with van der Waals surface area (Å²) in [7, 11) is 1.97. The predicted molar refractivity (Wildman–Crippen MR) is 153 cm³/mol. The second kappa shape index (κ2) is 8.70. The highest BCUT2D eigenvalue weighted by atomic mass is 19.4. The third-order valence-electron chi connectivity index (χ3n) is 7.77. The molecule has 0 saturated carbocycles. The van der Waals surface area contributed by atoms with Gasteiger partial charge >= 0.3 is 6.18 Å². The molecule has 6 rings (SSSR count). The molecule has 0 atom stereocenters. The number of hydrogen-bond donors (Lipinski definition) is 0. The van der Waals surface area contributed by atoms with Gasteiger partial charge in [-0.1, -0.05) is 75.4 Å². The molecule has 196 valence electrons. The number of aromatic nitrogens is 2. The van der Waals surface area contributed by atoms with Crippen molar-refractivity contribution in [1.29, 1.82) is 0 Å². The van der Waals surface area contributed by atoms with Crippen molar-refractivity contribution in [2.24, 2.45) is 7.05 Å². The molecule has 0 aliphatic heterocycles. The van der Waals surface area contributed by atoms with Gasteiger partial charge in [0.15, 0.2) is 6.20 Å². The van der Waals surface area contributed by atoms with Crippen LogP contribution >= 0.6 is 0 Å². The van der Waals surface area contributed by atoms with E-state index in [4.69, 9.17) is 0 Å². The molecule has 0 aliphatic rings. The van der Waals surface area contributed by atoms with E-state index in [1.165, 1.54) is 23.1 Å². The largest absolute Gasteiger partial charge is 0.418 e. The van der Waals surface area contributed by atoms with Crippen LogP contribution < -0.4 is 4.57 Å². The first kappa shape index (κ1) is 25.2. The zero-order valence-corrected chi connectivity index (χ0v) is 22.7. The first-order valence-corrected chi connectivity index (χ1v) is 13.1. The lowest BCUT2D eigenvalue weighted by molar-refractivity contribution is -0.659. The highest BCUT2D eigenvalue weighted by Gasteiger charge is 2.36. The molecular weight excluding hydrogens is 493 g/mol. The first-order valence-electron chi connectivity index (χ1n) is 13.1. The summed E-state index contributed by atoms with van der Waals surface area (Å²) in [5.41, 5.74) is 5.05. The minimum Gasteiger partial charge on any atom is -0.303 e. The van der Waals surface area contributed by atoms with E-state index in [1.54, 1.807) is 10.6 Å². The molecule has 0 aliphatic carbocycles. The van der Waals surface area contributed by atoms with Gasteiger partial charge in [-0.3, -0.25) is 0 Å². The fourth-order valence-corrected chi connectivity index (χ4v) is 5.96. The van der Waals surface area contributed by atoms with Crippen molar-refractivity contribution < 1.29 is 17.7 Å². The monoisotopic (exact) mass is 523 g/mol. The van der Waals surface area contributed by atoms with Crippen molar-refractivity contribution >= 4 is 32.6 Å². The Morgan fingerprint density at radius 3 is 1.95 bits per heavy atom. The minimum atomic E-state index is -4.50. The van der Waals surface area contributed by atoms with Gasteiger partial charge in [-0.15, -0.1) is 0 Å². The molecule has 5 heteroatoms. The van der Waals surface area contributed by atoms with E-state index in [9.17, 15) is 13.2 Å². The Hall–Kier alpha value is -4.12. The van der Waals surface area contributed by atoms with Crippen LogP contribution in [0.5, 0.6) is 0 Å². The minimum absolute atomic E-state index is 0.135. The molecule has 0 saturated heterocycles. The molecule has 0 N–H and O–H groups in total. The Kier molecular flexibility index (Phi) is 5.62. The molecule has 0 amide bonds. The number of hydrogen-bond acceptors (Lipinski definition) is 0. The summed E-state index contributed by atoms with van der Waals surface area (Å²) in [5.74, 6) is 0. The normalized spacial score (nSPS) is 12.6. The van der Waals surface area contributed by atoms with Crippen molar-refractivity contribution in [3.05, 3.63) is 108 Å². The fraction of sp³-hybridized carbons (Fsp3) is 0.206. The summed E-state index contributed by atoms with van der Waals surface area (Å²) in [6.45, 7) is 8.71. The molecule has 4 aromatic carbocycles. The van der Waals surface area contributed by atoms with Gasteiger partial charge in [0.2, 0.25) is 5.69 Å². The van der Waals surface area contributed by atoms with Gasteiger partial charge in [0.1, 0.15) is 12.6 Å². The predicted octanol–water partition coefficient (Wildman–Crippen LogP) is 9.05. The standard InChI is InChI=1S/C34H30F3N2/c1-21-23-14-9-10-15-24(23)29(33(2,3)4)20-27(21)31-32-26(18-19-38(31)5)25-16-11-17-28(34(35,36)37)30(25)39(32)22-12-7-6-8-13-22/h6-20H,1-5H3/q+1. The van der Waals surface area contributed by atoms with Crippen molar-refractivity contribution in [2.75, 3.05) is 0 Å². The molecule has 39 heavy (non-hydrogen) atoms. The number of pyridine rings is 1. The van der Waals surface area contributed by atoms with Crippen LogP contribution in [0.3, 0.4) is 0 Å². The molecule has 6 aromatic rings. The van der Waals surface area contributed by atoms with Gasteiger partial charge in [-0.25, -0.2) is 0 Å². The van der Waals surface area contributed by atoms with Gasteiger partial charge in [0.05, 0.1) is 16.6 Å².